The Morgan fingerprint density at radius 1 is 1.33 bits per heavy atom. The van der Waals surface area contributed by atoms with Crippen LogP contribution in [0.2, 0.25) is 0 Å². The van der Waals surface area contributed by atoms with Crippen LogP contribution < -0.4 is 10.5 Å². The van der Waals surface area contributed by atoms with Crippen molar-refractivity contribution in [3.8, 4) is 12.3 Å². The first-order valence-corrected chi connectivity index (χ1v) is 10.4. The van der Waals surface area contributed by atoms with Crippen molar-refractivity contribution < 1.29 is 13.2 Å². The smallest absolute Gasteiger partial charge is 0.250 e. The molecule has 0 bridgehead atoms. The van der Waals surface area contributed by atoms with Crippen LogP contribution in [0.15, 0.2) is 48.6 Å². The number of nitrogens with two attached hydrogens (primary N) is 1. The fraction of sp³-hybridized carbons (Fsp3) is 0.381. The van der Waals surface area contributed by atoms with E-state index in [0.717, 1.165) is 11.1 Å². The summed E-state index contributed by atoms with van der Waals surface area (Å²) in [6, 6.07) is 8.77. The summed E-state index contributed by atoms with van der Waals surface area (Å²) < 4.78 is 26.7. The number of hydrogen-bond acceptors (Lipinski definition) is 4. The van der Waals surface area contributed by atoms with Crippen LogP contribution in [-0.4, -0.2) is 25.1 Å². The summed E-state index contributed by atoms with van der Waals surface area (Å²) in [4.78, 5) is 12.3. The van der Waals surface area contributed by atoms with Crippen molar-refractivity contribution in [3.05, 3.63) is 54.1 Å². The highest BCUT2D eigenvalue weighted by molar-refractivity contribution is 7.91. The van der Waals surface area contributed by atoms with E-state index in [1.54, 1.807) is 12.2 Å². The number of terminal acetylenes is 1. The lowest BCUT2D eigenvalue weighted by molar-refractivity contribution is -0.120. The van der Waals surface area contributed by atoms with E-state index in [2.05, 4.69) is 10.6 Å². The average Bonchev–Trinajstić information content (AvgIpc) is 2.62. The maximum Gasteiger partial charge on any atom is 0.250 e. The molecule has 1 aromatic carbocycles. The molecular formula is C21H26N2O3S. The largest absolute Gasteiger partial charge is 0.320 e. The molecule has 0 heterocycles. The van der Waals surface area contributed by atoms with Gasteiger partial charge in [0.15, 0.2) is 0 Å². The monoisotopic (exact) mass is 386 g/mol. The van der Waals surface area contributed by atoms with Gasteiger partial charge in [-0.15, -0.1) is 12.3 Å². The van der Waals surface area contributed by atoms with Gasteiger partial charge in [-0.1, -0.05) is 62.4 Å². The van der Waals surface area contributed by atoms with Crippen LogP contribution in [0.25, 0.3) is 5.57 Å². The molecule has 1 amide bonds. The van der Waals surface area contributed by atoms with Crippen molar-refractivity contribution >= 4 is 21.5 Å². The molecule has 5 nitrogen and oxygen atoms in total. The van der Waals surface area contributed by atoms with Crippen molar-refractivity contribution in [1.82, 2.24) is 4.72 Å². The Balaban J connectivity index is 2.24. The molecule has 1 aliphatic rings. The number of nitrogens with one attached hydrogen (secondary N) is 1. The van der Waals surface area contributed by atoms with Crippen molar-refractivity contribution in [2.45, 2.75) is 43.9 Å². The van der Waals surface area contributed by atoms with E-state index in [0.29, 0.717) is 6.42 Å². The van der Waals surface area contributed by atoms with Gasteiger partial charge in [0.2, 0.25) is 15.9 Å². The third-order valence-corrected chi connectivity index (χ3v) is 6.56. The number of allylic oxidation sites excluding steroid dienone is 3. The van der Waals surface area contributed by atoms with E-state index < -0.39 is 26.7 Å². The lowest BCUT2D eigenvalue weighted by Crippen LogP contribution is -2.51. The molecule has 0 saturated carbocycles. The Morgan fingerprint density at radius 3 is 2.52 bits per heavy atom. The summed E-state index contributed by atoms with van der Waals surface area (Å²) in [6.07, 6.45) is 11.1. The van der Waals surface area contributed by atoms with Gasteiger partial charge in [-0.25, -0.2) is 8.42 Å². The van der Waals surface area contributed by atoms with Gasteiger partial charge in [0.25, 0.3) is 0 Å². The molecular weight excluding hydrogens is 360 g/mol. The minimum absolute atomic E-state index is 0.0376. The van der Waals surface area contributed by atoms with Crippen LogP contribution in [0.3, 0.4) is 0 Å². The number of amides is 1. The molecule has 2 atom stereocenters. The molecule has 0 saturated heterocycles. The highest BCUT2D eigenvalue weighted by Crippen LogP contribution is 2.34. The lowest BCUT2D eigenvalue weighted by Gasteiger charge is -2.31. The van der Waals surface area contributed by atoms with Gasteiger partial charge in [0.1, 0.15) is 4.75 Å². The summed E-state index contributed by atoms with van der Waals surface area (Å²) >= 11 is 0. The van der Waals surface area contributed by atoms with Crippen LogP contribution in [-0.2, 0) is 14.8 Å². The second-order valence-electron chi connectivity index (χ2n) is 7.21. The molecule has 3 N–H and O–H groups in total. The van der Waals surface area contributed by atoms with Gasteiger partial charge >= 0.3 is 0 Å². The third-order valence-electron chi connectivity index (χ3n) is 4.57. The lowest BCUT2D eigenvalue weighted by atomic mass is 9.90. The average molecular weight is 387 g/mol. The first kappa shape index (κ1) is 20.9. The summed E-state index contributed by atoms with van der Waals surface area (Å²) in [6.45, 7) is 3.84. The summed E-state index contributed by atoms with van der Waals surface area (Å²) in [5, 5.41) is 0. The molecule has 0 radical (unpaired) electrons. The molecule has 1 aliphatic carbocycles. The van der Waals surface area contributed by atoms with E-state index in [-0.39, 0.29) is 18.8 Å². The van der Waals surface area contributed by atoms with Gasteiger partial charge in [0, 0.05) is 6.42 Å². The molecule has 0 aromatic heterocycles. The van der Waals surface area contributed by atoms with E-state index in [9.17, 15) is 13.2 Å². The van der Waals surface area contributed by atoms with Gasteiger partial charge in [0.05, 0.1) is 6.04 Å². The minimum Gasteiger partial charge on any atom is -0.320 e. The van der Waals surface area contributed by atoms with Gasteiger partial charge in [-0.05, 0) is 29.9 Å². The first-order chi connectivity index (χ1) is 12.7. The van der Waals surface area contributed by atoms with Crippen molar-refractivity contribution in [2.75, 3.05) is 0 Å². The van der Waals surface area contributed by atoms with Crippen LogP contribution in [0.5, 0.6) is 0 Å². The predicted molar refractivity (Wildman–Crippen MR) is 109 cm³/mol. The number of hydrogen-bond donors (Lipinski definition) is 2. The van der Waals surface area contributed by atoms with Crippen LogP contribution >= 0.6 is 0 Å². The van der Waals surface area contributed by atoms with Gasteiger partial charge in [-0.2, -0.15) is 0 Å². The Bertz CT molecular complexity index is 880. The second-order valence-corrected chi connectivity index (χ2v) is 9.24. The second kappa shape index (κ2) is 8.55. The van der Waals surface area contributed by atoms with Crippen molar-refractivity contribution in [2.24, 2.45) is 11.7 Å². The Hall–Kier alpha value is -2.36. The molecule has 1 aromatic rings. The normalized spacial score (nSPS) is 20.6. The van der Waals surface area contributed by atoms with E-state index in [1.165, 1.54) is 0 Å². The highest BCUT2D eigenvalue weighted by Gasteiger charge is 2.43. The number of sulfonamides is 1. The van der Waals surface area contributed by atoms with E-state index in [4.69, 9.17) is 12.2 Å². The zero-order valence-electron chi connectivity index (χ0n) is 15.7. The Labute approximate surface area is 161 Å². The van der Waals surface area contributed by atoms with Crippen molar-refractivity contribution in [3.63, 3.8) is 0 Å². The first-order valence-electron chi connectivity index (χ1n) is 8.91. The summed E-state index contributed by atoms with van der Waals surface area (Å²) in [5.74, 6) is 1.91. The van der Waals surface area contributed by atoms with Gasteiger partial charge < -0.3 is 5.73 Å². The number of benzene rings is 1. The van der Waals surface area contributed by atoms with Gasteiger partial charge in [-0.3, -0.25) is 9.52 Å². The Kier molecular flexibility index (Phi) is 6.63. The number of carbonyl (C=O) groups excluding carboxylic acids is 1. The molecule has 6 heteroatoms. The molecule has 0 spiro atoms. The SMILES string of the molecule is C#CCC1(S(=O)(=O)NC(=O)C(N)CC(C)C)C=CC(c2ccccc2)=CC1. The topological polar surface area (TPSA) is 89.3 Å². The molecule has 27 heavy (non-hydrogen) atoms. The van der Waals surface area contributed by atoms with Crippen LogP contribution in [0, 0.1) is 18.3 Å². The quantitative estimate of drug-likeness (QED) is 0.705. The summed E-state index contributed by atoms with van der Waals surface area (Å²) in [7, 11) is -4.05. The van der Waals surface area contributed by atoms with Crippen LogP contribution in [0.1, 0.15) is 38.7 Å². The summed E-state index contributed by atoms with van der Waals surface area (Å²) in [5.41, 5.74) is 7.73. The minimum atomic E-state index is -4.05. The maximum absolute atomic E-state index is 13.0. The highest BCUT2D eigenvalue weighted by atomic mass is 32.2. The number of rotatable bonds is 7. The fourth-order valence-corrected chi connectivity index (χ4v) is 4.47. The molecule has 2 rings (SSSR count). The van der Waals surface area contributed by atoms with E-state index in [1.807, 2.05) is 50.3 Å². The standard InChI is InChI=1S/C21H26N2O3S/c1-4-12-21(27(25,26)23-20(24)19(22)15-16(2)3)13-10-18(11-14-21)17-8-6-5-7-9-17/h1,5-11,13,16,19H,12,14-15,22H2,2-3H3,(H,23,24). The fourth-order valence-electron chi connectivity index (χ4n) is 3.03. The number of carbonyl (C=O) groups is 1. The Morgan fingerprint density at radius 2 is 2.00 bits per heavy atom. The van der Waals surface area contributed by atoms with Crippen molar-refractivity contribution in [1.29, 1.82) is 0 Å². The third kappa shape index (κ3) is 4.88. The molecule has 144 valence electrons. The maximum atomic E-state index is 13.0. The van der Waals surface area contributed by atoms with Crippen LogP contribution in [0.4, 0.5) is 0 Å². The van der Waals surface area contributed by atoms with E-state index >= 15 is 0 Å². The molecule has 0 fully saturated rings. The molecule has 0 aliphatic heterocycles. The predicted octanol–water partition coefficient (Wildman–Crippen LogP) is 2.61. The molecule has 2 unspecified atom stereocenters. The zero-order chi connectivity index (χ0) is 20.1. The zero-order valence-corrected chi connectivity index (χ0v) is 16.5.